The summed E-state index contributed by atoms with van der Waals surface area (Å²) in [5.41, 5.74) is -0.307. The van der Waals surface area contributed by atoms with Gasteiger partial charge in [0.05, 0.1) is 6.20 Å². The molecule has 0 fully saturated rings. The Morgan fingerprint density at radius 2 is 2.27 bits per heavy atom. The molecule has 0 aliphatic carbocycles. The van der Waals surface area contributed by atoms with E-state index in [2.05, 4.69) is 30.7 Å². The molecular formula is C7H8N6O2. The van der Waals surface area contributed by atoms with E-state index >= 15 is 0 Å². The molecule has 2 rings (SSSR count). The van der Waals surface area contributed by atoms with E-state index in [1.54, 1.807) is 12.4 Å². The van der Waals surface area contributed by atoms with Crippen molar-refractivity contribution in [2.24, 2.45) is 0 Å². The van der Waals surface area contributed by atoms with Gasteiger partial charge in [-0.2, -0.15) is 5.10 Å². The van der Waals surface area contributed by atoms with Gasteiger partial charge in [0, 0.05) is 18.3 Å². The Labute approximate surface area is 82.8 Å². The van der Waals surface area contributed by atoms with Crippen LogP contribution in [-0.2, 0) is 6.54 Å². The predicted molar refractivity (Wildman–Crippen MR) is 51.4 cm³/mol. The first-order valence-electron chi connectivity index (χ1n) is 4.16. The minimum absolute atomic E-state index is 0.0656. The van der Waals surface area contributed by atoms with Crippen LogP contribution in [0.3, 0.4) is 0 Å². The maximum Gasteiger partial charge on any atom is 0.342 e. The van der Waals surface area contributed by atoms with Gasteiger partial charge in [0.1, 0.15) is 0 Å². The standard InChI is InChI=1S/C7H8N6O2/c14-6-5(12-13-7(15)11-6)8-1-4-2-9-10-3-4/h2-3H,1H2,(H,8,12)(H,9,10)(H2,11,13,14,15). The number of anilines is 1. The summed E-state index contributed by atoms with van der Waals surface area (Å²) < 4.78 is 0. The first-order valence-corrected chi connectivity index (χ1v) is 4.16. The molecule has 0 bridgehead atoms. The molecule has 0 unspecified atom stereocenters. The van der Waals surface area contributed by atoms with Crippen LogP contribution in [0.2, 0.25) is 0 Å². The zero-order valence-corrected chi connectivity index (χ0v) is 7.57. The van der Waals surface area contributed by atoms with Crippen LogP contribution < -0.4 is 16.6 Å². The second-order valence-corrected chi connectivity index (χ2v) is 2.82. The lowest BCUT2D eigenvalue weighted by Crippen LogP contribution is -2.26. The van der Waals surface area contributed by atoms with E-state index in [1.165, 1.54) is 0 Å². The average molecular weight is 208 g/mol. The average Bonchev–Trinajstić information content (AvgIpc) is 2.69. The lowest BCUT2D eigenvalue weighted by molar-refractivity contribution is 0.883. The summed E-state index contributed by atoms with van der Waals surface area (Å²) in [7, 11) is 0. The molecule has 0 atom stereocenters. The van der Waals surface area contributed by atoms with E-state index in [1.807, 2.05) is 0 Å². The quantitative estimate of drug-likeness (QED) is 0.504. The summed E-state index contributed by atoms with van der Waals surface area (Å²) >= 11 is 0. The van der Waals surface area contributed by atoms with Crippen LogP contribution in [0, 0.1) is 0 Å². The third-order valence-electron chi connectivity index (χ3n) is 1.73. The number of aromatic amines is 3. The maximum atomic E-state index is 11.2. The van der Waals surface area contributed by atoms with Crippen LogP contribution in [-0.4, -0.2) is 25.4 Å². The molecule has 78 valence electrons. The zero-order valence-electron chi connectivity index (χ0n) is 7.57. The van der Waals surface area contributed by atoms with Crippen molar-refractivity contribution in [2.45, 2.75) is 6.54 Å². The van der Waals surface area contributed by atoms with Crippen LogP contribution in [0.15, 0.2) is 22.0 Å². The summed E-state index contributed by atoms with van der Waals surface area (Å²) in [6.07, 6.45) is 3.31. The number of rotatable bonds is 3. The number of nitrogens with zero attached hydrogens (tertiary/aromatic N) is 2. The Hall–Kier alpha value is -2.38. The van der Waals surface area contributed by atoms with E-state index in [0.717, 1.165) is 5.56 Å². The van der Waals surface area contributed by atoms with Gasteiger partial charge in [-0.15, -0.1) is 5.10 Å². The van der Waals surface area contributed by atoms with Gasteiger partial charge in [-0.25, -0.2) is 9.89 Å². The number of aromatic nitrogens is 5. The highest BCUT2D eigenvalue weighted by Crippen LogP contribution is 1.96. The smallest absolute Gasteiger partial charge is 0.342 e. The highest BCUT2D eigenvalue weighted by Gasteiger charge is 2.01. The van der Waals surface area contributed by atoms with Crippen molar-refractivity contribution in [1.29, 1.82) is 0 Å². The summed E-state index contributed by atoms with van der Waals surface area (Å²) in [5, 5.41) is 14.8. The normalized spacial score (nSPS) is 10.1. The maximum absolute atomic E-state index is 11.2. The Morgan fingerprint density at radius 3 is 2.93 bits per heavy atom. The highest BCUT2D eigenvalue weighted by molar-refractivity contribution is 5.29. The van der Waals surface area contributed by atoms with Gasteiger partial charge >= 0.3 is 5.69 Å². The molecule has 2 aromatic rings. The molecule has 0 aromatic carbocycles. The Morgan fingerprint density at radius 1 is 1.40 bits per heavy atom. The van der Waals surface area contributed by atoms with E-state index in [9.17, 15) is 9.59 Å². The lowest BCUT2D eigenvalue weighted by Gasteiger charge is -2.00. The van der Waals surface area contributed by atoms with Crippen molar-refractivity contribution in [3.05, 3.63) is 38.8 Å². The third kappa shape index (κ3) is 2.10. The second-order valence-electron chi connectivity index (χ2n) is 2.82. The fraction of sp³-hybridized carbons (Fsp3) is 0.143. The fourth-order valence-corrected chi connectivity index (χ4v) is 1.03. The van der Waals surface area contributed by atoms with E-state index in [-0.39, 0.29) is 5.82 Å². The SMILES string of the molecule is O=c1[nH]nc(NCc2cn[nH]c2)c(=O)[nH]1. The van der Waals surface area contributed by atoms with Gasteiger partial charge in [0.25, 0.3) is 5.56 Å². The number of hydrogen-bond acceptors (Lipinski definition) is 5. The molecule has 8 heteroatoms. The first kappa shape index (κ1) is 9.19. The molecular weight excluding hydrogens is 200 g/mol. The van der Waals surface area contributed by atoms with Crippen molar-refractivity contribution in [2.75, 3.05) is 5.32 Å². The van der Waals surface area contributed by atoms with Crippen molar-refractivity contribution < 1.29 is 0 Å². The van der Waals surface area contributed by atoms with Crippen LogP contribution in [0.1, 0.15) is 5.56 Å². The molecule has 8 nitrogen and oxygen atoms in total. The molecule has 0 spiro atoms. The summed E-state index contributed by atoms with van der Waals surface area (Å²) in [5.74, 6) is 0.0656. The van der Waals surface area contributed by atoms with Crippen LogP contribution in [0.4, 0.5) is 5.82 Å². The molecule has 15 heavy (non-hydrogen) atoms. The highest BCUT2D eigenvalue weighted by atomic mass is 16.2. The fourth-order valence-electron chi connectivity index (χ4n) is 1.03. The van der Waals surface area contributed by atoms with Gasteiger partial charge < -0.3 is 5.32 Å². The summed E-state index contributed by atoms with van der Waals surface area (Å²) in [6.45, 7) is 0.401. The zero-order chi connectivity index (χ0) is 10.7. The predicted octanol–water partition coefficient (Wildman–Crippen LogP) is -1.21. The molecule has 2 heterocycles. The van der Waals surface area contributed by atoms with Gasteiger partial charge in [-0.3, -0.25) is 14.9 Å². The Balaban J connectivity index is 2.12. The van der Waals surface area contributed by atoms with Gasteiger partial charge in [0.15, 0.2) is 0 Å². The Kier molecular flexibility index (Phi) is 2.31. The van der Waals surface area contributed by atoms with Crippen molar-refractivity contribution in [3.63, 3.8) is 0 Å². The third-order valence-corrected chi connectivity index (χ3v) is 1.73. The van der Waals surface area contributed by atoms with Crippen LogP contribution in [0.5, 0.6) is 0 Å². The van der Waals surface area contributed by atoms with Crippen molar-refractivity contribution >= 4 is 5.82 Å². The minimum atomic E-state index is -0.631. The monoisotopic (exact) mass is 208 g/mol. The van der Waals surface area contributed by atoms with Gasteiger partial charge in [-0.05, 0) is 0 Å². The van der Waals surface area contributed by atoms with Crippen molar-refractivity contribution in [1.82, 2.24) is 25.4 Å². The molecule has 4 N–H and O–H groups in total. The first-order chi connectivity index (χ1) is 7.25. The largest absolute Gasteiger partial charge is 0.360 e. The summed E-state index contributed by atoms with van der Waals surface area (Å²) in [6, 6.07) is 0. The lowest BCUT2D eigenvalue weighted by atomic mass is 10.4. The number of nitrogens with one attached hydrogen (secondary N) is 4. The molecule has 0 saturated carbocycles. The van der Waals surface area contributed by atoms with Crippen molar-refractivity contribution in [3.8, 4) is 0 Å². The number of H-pyrrole nitrogens is 3. The molecule has 0 aliphatic rings. The summed E-state index contributed by atoms with van der Waals surface area (Å²) in [4.78, 5) is 23.9. The Bertz CT molecular complexity index is 539. The van der Waals surface area contributed by atoms with Crippen LogP contribution >= 0.6 is 0 Å². The molecule has 0 amide bonds. The topological polar surface area (TPSA) is 119 Å². The molecule has 0 saturated heterocycles. The molecule has 0 radical (unpaired) electrons. The van der Waals surface area contributed by atoms with E-state index in [0.29, 0.717) is 6.54 Å². The minimum Gasteiger partial charge on any atom is -0.360 e. The second kappa shape index (κ2) is 3.78. The van der Waals surface area contributed by atoms with E-state index < -0.39 is 11.2 Å². The van der Waals surface area contributed by atoms with Gasteiger partial charge in [-0.1, -0.05) is 0 Å². The molecule has 0 aliphatic heterocycles. The number of hydrogen-bond donors (Lipinski definition) is 4. The van der Waals surface area contributed by atoms with E-state index in [4.69, 9.17) is 0 Å². The molecule has 2 aromatic heterocycles. The van der Waals surface area contributed by atoms with Crippen LogP contribution in [0.25, 0.3) is 0 Å². The van der Waals surface area contributed by atoms with Gasteiger partial charge in [0.2, 0.25) is 5.82 Å².